The first-order chi connectivity index (χ1) is 12.7. The minimum atomic E-state index is -0.188. The summed E-state index contributed by atoms with van der Waals surface area (Å²) in [5, 5.41) is 7.27. The normalized spacial score (nSPS) is 10.8. The monoisotopic (exact) mass is 376 g/mol. The molecule has 128 valence electrons. The van der Waals surface area contributed by atoms with Crippen LogP contribution in [0, 0.1) is 6.92 Å². The minimum absolute atomic E-state index is 0.188. The SMILES string of the molecule is Cc1cccnc1C(=O)Nc1cccc2cccc(Sc3cccs3)c12. The Kier molecular flexibility index (Phi) is 4.73. The average Bonchev–Trinajstić information content (AvgIpc) is 3.15. The molecule has 1 N–H and O–H groups in total. The van der Waals surface area contributed by atoms with Crippen LogP contribution in [-0.2, 0) is 0 Å². The van der Waals surface area contributed by atoms with E-state index in [2.05, 4.69) is 39.9 Å². The van der Waals surface area contributed by atoms with Gasteiger partial charge in [-0.15, -0.1) is 11.3 Å². The molecule has 4 rings (SSSR count). The van der Waals surface area contributed by atoms with Crippen LogP contribution < -0.4 is 5.32 Å². The molecule has 2 aromatic carbocycles. The number of pyridine rings is 1. The molecule has 0 aliphatic rings. The van der Waals surface area contributed by atoms with E-state index in [0.717, 1.165) is 26.9 Å². The number of nitrogens with zero attached hydrogens (tertiary/aromatic N) is 1. The Morgan fingerprint density at radius 1 is 1.04 bits per heavy atom. The van der Waals surface area contributed by atoms with Crippen molar-refractivity contribution in [2.24, 2.45) is 0 Å². The van der Waals surface area contributed by atoms with E-state index in [1.54, 1.807) is 29.3 Å². The van der Waals surface area contributed by atoms with E-state index in [4.69, 9.17) is 0 Å². The molecule has 0 fully saturated rings. The van der Waals surface area contributed by atoms with Crippen LogP contribution in [0.1, 0.15) is 16.1 Å². The van der Waals surface area contributed by atoms with Crippen LogP contribution in [0.4, 0.5) is 5.69 Å². The first-order valence-electron chi connectivity index (χ1n) is 8.18. The lowest BCUT2D eigenvalue weighted by Crippen LogP contribution is -2.15. The number of amides is 1. The van der Waals surface area contributed by atoms with Gasteiger partial charge in [-0.1, -0.05) is 48.2 Å². The van der Waals surface area contributed by atoms with E-state index in [9.17, 15) is 4.79 Å². The summed E-state index contributed by atoms with van der Waals surface area (Å²) in [6, 6.07) is 20.0. The molecule has 5 heteroatoms. The zero-order valence-corrected chi connectivity index (χ0v) is 15.7. The third-order valence-corrected chi connectivity index (χ3v) is 6.14. The molecule has 0 radical (unpaired) electrons. The molecular formula is C21H16N2OS2. The fraction of sp³-hybridized carbons (Fsp3) is 0.0476. The summed E-state index contributed by atoms with van der Waals surface area (Å²) in [4.78, 5) is 18.1. The third kappa shape index (κ3) is 3.36. The van der Waals surface area contributed by atoms with Crippen LogP contribution >= 0.6 is 23.1 Å². The zero-order chi connectivity index (χ0) is 17.9. The maximum absolute atomic E-state index is 12.7. The standard InChI is InChI=1S/C21H16N2OS2/c1-14-6-4-12-22-20(14)21(24)23-16-9-2-7-15-8-3-10-17(19(15)16)26-18-11-5-13-25-18/h2-13H,1H3,(H,23,24). The van der Waals surface area contributed by atoms with Crippen LogP contribution in [0.2, 0.25) is 0 Å². The van der Waals surface area contributed by atoms with Crippen LogP contribution in [0.25, 0.3) is 10.8 Å². The number of hydrogen-bond donors (Lipinski definition) is 1. The van der Waals surface area contributed by atoms with Gasteiger partial charge < -0.3 is 5.32 Å². The molecule has 2 aromatic heterocycles. The predicted molar refractivity (Wildman–Crippen MR) is 109 cm³/mol. The molecule has 2 heterocycles. The molecule has 1 amide bonds. The van der Waals surface area contributed by atoms with Gasteiger partial charge in [-0.3, -0.25) is 9.78 Å². The second-order valence-corrected chi connectivity index (χ2v) is 8.11. The Morgan fingerprint density at radius 2 is 1.88 bits per heavy atom. The van der Waals surface area contributed by atoms with Crippen molar-refractivity contribution in [1.82, 2.24) is 4.98 Å². The molecule has 0 bridgehead atoms. The Bertz CT molecular complexity index is 1070. The first-order valence-corrected chi connectivity index (χ1v) is 9.88. The van der Waals surface area contributed by atoms with E-state index in [0.29, 0.717) is 5.69 Å². The number of carbonyl (C=O) groups excluding carboxylic acids is 1. The quantitative estimate of drug-likeness (QED) is 0.474. The summed E-state index contributed by atoms with van der Waals surface area (Å²) in [5.41, 5.74) is 2.11. The number of nitrogens with one attached hydrogen (secondary N) is 1. The summed E-state index contributed by atoms with van der Waals surface area (Å²) in [7, 11) is 0. The Balaban J connectivity index is 1.75. The lowest BCUT2D eigenvalue weighted by molar-refractivity contribution is 0.102. The average molecular weight is 377 g/mol. The molecule has 0 spiro atoms. The van der Waals surface area contributed by atoms with Gasteiger partial charge in [0.25, 0.3) is 5.91 Å². The van der Waals surface area contributed by atoms with Gasteiger partial charge in [0.1, 0.15) is 5.69 Å². The molecule has 0 aliphatic heterocycles. The molecule has 26 heavy (non-hydrogen) atoms. The van der Waals surface area contributed by atoms with Gasteiger partial charge in [0.2, 0.25) is 0 Å². The smallest absolute Gasteiger partial charge is 0.274 e. The van der Waals surface area contributed by atoms with Gasteiger partial charge in [0, 0.05) is 16.5 Å². The van der Waals surface area contributed by atoms with Crippen molar-refractivity contribution in [3.8, 4) is 0 Å². The van der Waals surface area contributed by atoms with Gasteiger partial charge in [0.15, 0.2) is 0 Å². The largest absolute Gasteiger partial charge is 0.320 e. The molecule has 4 aromatic rings. The molecule has 0 aliphatic carbocycles. The molecule has 0 saturated carbocycles. The molecule has 3 nitrogen and oxygen atoms in total. The van der Waals surface area contributed by atoms with E-state index in [1.165, 1.54) is 4.21 Å². The number of aromatic nitrogens is 1. The van der Waals surface area contributed by atoms with Gasteiger partial charge in [-0.05, 0) is 47.5 Å². The molecule has 0 saturated heterocycles. The van der Waals surface area contributed by atoms with Gasteiger partial charge in [0.05, 0.1) is 9.90 Å². The third-order valence-electron chi connectivity index (χ3n) is 4.04. The number of fused-ring (bicyclic) bond motifs is 1. The van der Waals surface area contributed by atoms with Crippen LogP contribution in [0.3, 0.4) is 0 Å². The van der Waals surface area contributed by atoms with Crippen LogP contribution in [-0.4, -0.2) is 10.9 Å². The lowest BCUT2D eigenvalue weighted by atomic mass is 10.1. The second-order valence-electron chi connectivity index (χ2n) is 5.82. The topological polar surface area (TPSA) is 42.0 Å². The summed E-state index contributed by atoms with van der Waals surface area (Å²) < 4.78 is 1.22. The van der Waals surface area contributed by atoms with Gasteiger partial charge in [-0.2, -0.15) is 0 Å². The number of aryl methyl sites for hydroxylation is 1. The summed E-state index contributed by atoms with van der Waals surface area (Å²) >= 11 is 3.43. The van der Waals surface area contributed by atoms with Crippen molar-refractivity contribution in [1.29, 1.82) is 0 Å². The zero-order valence-electron chi connectivity index (χ0n) is 14.1. The number of hydrogen-bond acceptors (Lipinski definition) is 4. The van der Waals surface area contributed by atoms with Gasteiger partial charge in [-0.25, -0.2) is 0 Å². The van der Waals surface area contributed by atoms with Crippen molar-refractivity contribution >= 4 is 45.5 Å². The maximum Gasteiger partial charge on any atom is 0.274 e. The van der Waals surface area contributed by atoms with Crippen molar-refractivity contribution < 1.29 is 4.79 Å². The highest BCUT2D eigenvalue weighted by molar-refractivity contribution is 8.01. The number of benzene rings is 2. The number of rotatable bonds is 4. The minimum Gasteiger partial charge on any atom is -0.320 e. The van der Waals surface area contributed by atoms with Crippen molar-refractivity contribution in [3.63, 3.8) is 0 Å². The molecular weight excluding hydrogens is 360 g/mol. The highest BCUT2D eigenvalue weighted by Gasteiger charge is 2.14. The van der Waals surface area contributed by atoms with Crippen LogP contribution in [0.5, 0.6) is 0 Å². The maximum atomic E-state index is 12.7. The van der Waals surface area contributed by atoms with Crippen LogP contribution in [0.15, 0.2) is 81.3 Å². The Labute approximate surface area is 160 Å². The highest BCUT2D eigenvalue weighted by Crippen LogP contribution is 2.39. The summed E-state index contributed by atoms with van der Waals surface area (Å²) in [6.45, 7) is 1.89. The van der Waals surface area contributed by atoms with Crippen molar-refractivity contribution in [2.75, 3.05) is 5.32 Å². The predicted octanol–water partition coefficient (Wildman–Crippen LogP) is 6.01. The second kappa shape index (κ2) is 7.32. The van der Waals surface area contributed by atoms with Crippen molar-refractivity contribution in [2.45, 2.75) is 16.0 Å². The fourth-order valence-corrected chi connectivity index (χ4v) is 4.75. The van der Waals surface area contributed by atoms with E-state index >= 15 is 0 Å². The fourth-order valence-electron chi connectivity index (χ4n) is 2.83. The van der Waals surface area contributed by atoms with E-state index in [1.807, 2.05) is 43.3 Å². The Hall–Kier alpha value is -2.63. The van der Waals surface area contributed by atoms with Gasteiger partial charge >= 0.3 is 0 Å². The number of carbonyl (C=O) groups is 1. The first kappa shape index (κ1) is 16.8. The van der Waals surface area contributed by atoms with E-state index in [-0.39, 0.29) is 5.91 Å². The summed E-state index contributed by atoms with van der Waals surface area (Å²) in [6.07, 6.45) is 1.64. The lowest BCUT2D eigenvalue weighted by Gasteiger charge is -2.12. The highest BCUT2D eigenvalue weighted by atomic mass is 32.2. The molecule has 0 atom stereocenters. The number of thiophene rings is 1. The number of anilines is 1. The van der Waals surface area contributed by atoms with Crippen molar-refractivity contribution in [3.05, 3.63) is 83.5 Å². The summed E-state index contributed by atoms with van der Waals surface area (Å²) in [5.74, 6) is -0.188. The van der Waals surface area contributed by atoms with E-state index < -0.39 is 0 Å². The molecule has 0 unspecified atom stereocenters. The Morgan fingerprint density at radius 3 is 2.65 bits per heavy atom.